The van der Waals surface area contributed by atoms with E-state index in [4.69, 9.17) is 14.3 Å². The number of nitrogens with two attached hydrogens (primary N) is 1. The number of ether oxygens (including phenoxy) is 1. The molecule has 18 heavy (non-hydrogen) atoms. The van der Waals surface area contributed by atoms with E-state index in [9.17, 15) is 8.42 Å². The SMILES string of the molecule is CCOC1CC(NCc2ccc(S(N)(=O)=O)o2)C1. The van der Waals surface area contributed by atoms with Crippen molar-refractivity contribution in [2.45, 2.75) is 43.5 Å². The van der Waals surface area contributed by atoms with E-state index in [1.54, 1.807) is 6.07 Å². The van der Waals surface area contributed by atoms with E-state index in [-0.39, 0.29) is 5.09 Å². The Morgan fingerprint density at radius 1 is 1.50 bits per heavy atom. The van der Waals surface area contributed by atoms with Crippen LogP contribution in [0.1, 0.15) is 25.5 Å². The average Bonchev–Trinajstić information content (AvgIpc) is 2.69. The standard InChI is InChI=1S/C11H18N2O4S/c1-2-16-10-5-8(6-10)13-7-9-3-4-11(17-9)18(12,14)15/h3-4,8,10,13H,2,5-7H2,1H3,(H2,12,14,15). The number of primary sulfonamides is 1. The maximum absolute atomic E-state index is 11.0. The second-order valence-corrected chi connectivity index (χ2v) is 5.88. The van der Waals surface area contributed by atoms with Gasteiger partial charge in [0.15, 0.2) is 0 Å². The number of hydrogen-bond donors (Lipinski definition) is 2. The molecule has 1 aromatic heterocycles. The van der Waals surface area contributed by atoms with E-state index < -0.39 is 10.0 Å². The van der Waals surface area contributed by atoms with Gasteiger partial charge in [0, 0.05) is 12.6 Å². The monoisotopic (exact) mass is 274 g/mol. The van der Waals surface area contributed by atoms with Crippen molar-refractivity contribution in [3.8, 4) is 0 Å². The highest BCUT2D eigenvalue weighted by molar-refractivity contribution is 7.89. The molecule has 1 aliphatic rings. The van der Waals surface area contributed by atoms with Gasteiger partial charge in [0.25, 0.3) is 10.0 Å². The lowest BCUT2D eigenvalue weighted by molar-refractivity contribution is -0.0106. The lowest BCUT2D eigenvalue weighted by Crippen LogP contribution is -2.45. The van der Waals surface area contributed by atoms with Crippen molar-refractivity contribution >= 4 is 10.0 Å². The first kappa shape index (κ1) is 13.5. The summed E-state index contributed by atoms with van der Waals surface area (Å²) in [4.78, 5) is 0. The predicted molar refractivity (Wildman–Crippen MR) is 65.4 cm³/mol. The second kappa shape index (κ2) is 5.40. The molecule has 0 saturated heterocycles. The smallest absolute Gasteiger partial charge is 0.271 e. The lowest BCUT2D eigenvalue weighted by Gasteiger charge is -2.35. The maximum atomic E-state index is 11.0. The van der Waals surface area contributed by atoms with Gasteiger partial charge in [-0.25, -0.2) is 13.6 Å². The van der Waals surface area contributed by atoms with Crippen molar-refractivity contribution in [2.75, 3.05) is 6.61 Å². The van der Waals surface area contributed by atoms with Crippen molar-refractivity contribution in [3.05, 3.63) is 17.9 Å². The van der Waals surface area contributed by atoms with Gasteiger partial charge in [0.1, 0.15) is 5.76 Å². The van der Waals surface area contributed by atoms with Crippen LogP contribution in [0.2, 0.25) is 0 Å². The van der Waals surface area contributed by atoms with Gasteiger partial charge in [-0.2, -0.15) is 0 Å². The molecule has 0 unspecified atom stereocenters. The Labute approximate surface area is 107 Å². The molecule has 102 valence electrons. The molecule has 1 saturated carbocycles. The Bertz CT molecular complexity index is 491. The molecule has 0 amide bonds. The molecular weight excluding hydrogens is 256 g/mol. The highest BCUT2D eigenvalue weighted by Crippen LogP contribution is 2.23. The number of sulfonamides is 1. The fourth-order valence-corrected chi connectivity index (χ4v) is 2.44. The van der Waals surface area contributed by atoms with Crippen LogP contribution in [0.25, 0.3) is 0 Å². The van der Waals surface area contributed by atoms with Crippen molar-refractivity contribution < 1.29 is 17.6 Å². The minimum absolute atomic E-state index is 0.194. The molecule has 0 atom stereocenters. The quantitative estimate of drug-likeness (QED) is 0.791. The van der Waals surface area contributed by atoms with Gasteiger partial charge >= 0.3 is 0 Å². The van der Waals surface area contributed by atoms with Crippen LogP contribution >= 0.6 is 0 Å². The van der Waals surface area contributed by atoms with Crippen LogP contribution in [0, 0.1) is 0 Å². The van der Waals surface area contributed by atoms with Crippen LogP contribution in [-0.4, -0.2) is 27.2 Å². The second-order valence-electron chi connectivity index (χ2n) is 4.39. The molecular formula is C11H18N2O4S. The van der Waals surface area contributed by atoms with Gasteiger partial charge in [0.05, 0.1) is 12.6 Å². The molecule has 1 aromatic rings. The van der Waals surface area contributed by atoms with Gasteiger partial charge in [-0.05, 0) is 31.9 Å². The van der Waals surface area contributed by atoms with E-state index in [1.807, 2.05) is 6.92 Å². The zero-order valence-electron chi connectivity index (χ0n) is 10.3. The van der Waals surface area contributed by atoms with E-state index in [0.717, 1.165) is 19.4 Å². The first-order valence-electron chi connectivity index (χ1n) is 5.95. The van der Waals surface area contributed by atoms with E-state index in [1.165, 1.54) is 6.07 Å². The summed E-state index contributed by atoms with van der Waals surface area (Å²) in [5.41, 5.74) is 0. The number of hydrogen-bond acceptors (Lipinski definition) is 5. The van der Waals surface area contributed by atoms with Gasteiger partial charge in [-0.3, -0.25) is 0 Å². The third kappa shape index (κ3) is 3.32. The summed E-state index contributed by atoms with van der Waals surface area (Å²) in [7, 11) is -3.74. The minimum atomic E-state index is -3.74. The van der Waals surface area contributed by atoms with Crippen LogP contribution in [-0.2, 0) is 21.3 Å². The number of furan rings is 1. The molecule has 1 heterocycles. The Balaban J connectivity index is 1.77. The zero-order valence-corrected chi connectivity index (χ0v) is 11.1. The van der Waals surface area contributed by atoms with Crippen molar-refractivity contribution in [1.82, 2.24) is 5.32 Å². The summed E-state index contributed by atoms with van der Waals surface area (Å²) in [6, 6.07) is 3.39. The fraction of sp³-hybridized carbons (Fsp3) is 0.636. The summed E-state index contributed by atoms with van der Waals surface area (Å²) < 4.78 is 32.6. The Morgan fingerprint density at radius 2 is 2.22 bits per heavy atom. The number of rotatable bonds is 6. The average molecular weight is 274 g/mol. The van der Waals surface area contributed by atoms with Gasteiger partial charge in [0.2, 0.25) is 5.09 Å². The first-order chi connectivity index (χ1) is 8.49. The van der Waals surface area contributed by atoms with Crippen molar-refractivity contribution in [3.63, 3.8) is 0 Å². The maximum Gasteiger partial charge on any atom is 0.271 e. The third-order valence-corrected chi connectivity index (χ3v) is 3.76. The molecule has 3 N–H and O–H groups in total. The largest absolute Gasteiger partial charge is 0.447 e. The molecule has 1 aliphatic carbocycles. The van der Waals surface area contributed by atoms with Crippen LogP contribution in [0.4, 0.5) is 0 Å². The van der Waals surface area contributed by atoms with Crippen LogP contribution in [0.5, 0.6) is 0 Å². The predicted octanol–water partition coefficient (Wildman–Crippen LogP) is 0.584. The molecule has 7 heteroatoms. The van der Waals surface area contributed by atoms with Crippen molar-refractivity contribution in [1.29, 1.82) is 0 Å². The molecule has 0 spiro atoms. The number of nitrogens with one attached hydrogen (secondary N) is 1. The Morgan fingerprint density at radius 3 is 2.78 bits per heavy atom. The summed E-state index contributed by atoms with van der Waals surface area (Å²) in [6.07, 6.45) is 2.32. The van der Waals surface area contributed by atoms with Crippen LogP contribution < -0.4 is 10.5 Å². The third-order valence-electron chi connectivity index (χ3n) is 2.98. The fourth-order valence-electron chi connectivity index (χ4n) is 1.96. The highest BCUT2D eigenvalue weighted by atomic mass is 32.2. The van der Waals surface area contributed by atoms with E-state index >= 15 is 0 Å². The molecule has 1 fully saturated rings. The molecule has 0 aliphatic heterocycles. The van der Waals surface area contributed by atoms with Crippen LogP contribution in [0.15, 0.2) is 21.6 Å². The van der Waals surface area contributed by atoms with Crippen molar-refractivity contribution in [2.24, 2.45) is 5.14 Å². The van der Waals surface area contributed by atoms with E-state index in [0.29, 0.717) is 24.5 Å². The lowest BCUT2D eigenvalue weighted by atomic mass is 9.89. The zero-order chi connectivity index (χ0) is 13.2. The molecule has 6 nitrogen and oxygen atoms in total. The Hall–Kier alpha value is -0.890. The summed E-state index contributed by atoms with van der Waals surface area (Å²) >= 11 is 0. The summed E-state index contributed by atoms with van der Waals surface area (Å²) in [6.45, 7) is 3.23. The molecule has 0 bridgehead atoms. The molecule has 0 radical (unpaired) electrons. The van der Waals surface area contributed by atoms with E-state index in [2.05, 4.69) is 5.32 Å². The normalized spacial score (nSPS) is 23.9. The van der Waals surface area contributed by atoms with Gasteiger partial charge in [-0.15, -0.1) is 0 Å². The highest BCUT2D eigenvalue weighted by Gasteiger charge is 2.29. The minimum Gasteiger partial charge on any atom is -0.447 e. The summed E-state index contributed by atoms with van der Waals surface area (Å²) in [5, 5.41) is 8.04. The Kier molecular flexibility index (Phi) is 4.06. The van der Waals surface area contributed by atoms with Gasteiger partial charge < -0.3 is 14.5 Å². The van der Waals surface area contributed by atoms with Gasteiger partial charge in [-0.1, -0.05) is 0 Å². The van der Waals surface area contributed by atoms with Crippen LogP contribution in [0.3, 0.4) is 0 Å². The topological polar surface area (TPSA) is 94.6 Å². The first-order valence-corrected chi connectivity index (χ1v) is 7.50. The summed E-state index contributed by atoms with van der Waals surface area (Å²) in [5.74, 6) is 0.568. The molecule has 0 aromatic carbocycles. The molecule has 2 rings (SSSR count).